The van der Waals surface area contributed by atoms with Gasteiger partial charge in [0, 0.05) is 6.20 Å². The van der Waals surface area contributed by atoms with Crippen molar-refractivity contribution in [1.82, 2.24) is 9.97 Å². The molecule has 13 heavy (non-hydrogen) atoms. The summed E-state index contributed by atoms with van der Waals surface area (Å²) < 4.78 is 5.40. The maximum atomic E-state index is 5.40. The summed E-state index contributed by atoms with van der Waals surface area (Å²) in [6.07, 6.45) is 2.57. The number of ether oxygens (including phenoxy) is 1. The highest BCUT2D eigenvalue weighted by atomic mass is 16.5. The Hall–Kier alpha value is -1.16. The number of aromatic nitrogens is 2. The minimum Gasteiger partial charge on any atom is -0.476 e. The molecule has 0 unspecified atom stereocenters. The van der Waals surface area contributed by atoms with Crippen LogP contribution in [0.2, 0.25) is 0 Å². The molecule has 0 aromatic carbocycles. The van der Waals surface area contributed by atoms with Crippen LogP contribution in [0, 0.1) is 13.8 Å². The molecule has 0 aliphatic heterocycles. The van der Waals surface area contributed by atoms with Crippen molar-refractivity contribution in [3.05, 3.63) is 17.6 Å². The summed E-state index contributed by atoms with van der Waals surface area (Å²) in [5, 5.41) is 0. The lowest BCUT2D eigenvalue weighted by molar-refractivity contribution is 0.297. The maximum absolute atomic E-state index is 5.40. The molecule has 0 aliphatic carbocycles. The molecule has 4 nitrogen and oxygen atoms in total. The first-order valence-electron chi connectivity index (χ1n) is 4.37. The van der Waals surface area contributed by atoms with E-state index in [2.05, 4.69) is 9.97 Å². The molecule has 4 heteroatoms. The fourth-order valence-electron chi connectivity index (χ4n) is 0.904. The van der Waals surface area contributed by atoms with Gasteiger partial charge < -0.3 is 10.5 Å². The quantitative estimate of drug-likeness (QED) is 0.698. The van der Waals surface area contributed by atoms with Gasteiger partial charge in [-0.2, -0.15) is 0 Å². The van der Waals surface area contributed by atoms with Crippen molar-refractivity contribution < 1.29 is 4.74 Å². The van der Waals surface area contributed by atoms with Crippen LogP contribution in [0.1, 0.15) is 17.8 Å². The van der Waals surface area contributed by atoms with E-state index >= 15 is 0 Å². The lowest BCUT2D eigenvalue weighted by atomic mass is 10.4. The Morgan fingerprint density at radius 3 is 2.92 bits per heavy atom. The molecule has 2 N–H and O–H groups in total. The first-order chi connectivity index (χ1) is 6.24. The largest absolute Gasteiger partial charge is 0.476 e. The van der Waals surface area contributed by atoms with Gasteiger partial charge in [0.05, 0.1) is 18.0 Å². The Labute approximate surface area is 78.1 Å². The summed E-state index contributed by atoms with van der Waals surface area (Å²) in [6.45, 7) is 5.01. The van der Waals surface area contributed by atoms with Crippen LogP contribution in [-0.2, 0) is 0 Å². The Morgan fingerprint density at radius 1 is 1.46 bits per heavy atom. The lowest BCUT2D eigenvalue weighted by Gasteiger charge is -2.06. The lowest BCUT2D eigenvalue weighted by Crippen LogP contribution is -2.08. The predicted octanol–water partition coefficient (Wildman–Crippen LogP) is 0.821. The first kappa shape index (κ1) is 9.92. The van der Waals surface area contributed by atoms with Crippen LogP contribution in [0.5, 0.6) is 5.88 Å². The zero-order chi connectivity index (χ0) is 9.68. The van der Waals surface area contributed by atoms with Gasteiger partial charge >= 0.3 is 0 Å². The average molecular weight is 181 g/mol. The molecular formula is C9H15N3O. The molecule has 72 valence electrons. The zero-order valence-corrected chi connectivity index (χ0v) is 8.08. The fraction of sp³-hybridized carbons (Fsp3) is 0.556. The second kappa shape index (κ2) is 4.77. The summed E-state index contributed by atoms with van der Waals surface area (Å²) in [7, 11) is 0. The van der Waals surface area contributed by atoms with Gasteiger partial charge in [-0.15, -0.1) is 0 Å². The van der Waals surface area contributed by atoms with E-state index in [4.69, 9.17) is 10.5 Å². The number of hydrogen-bond donors (Lipinski definition) is 1. The average Bonchev–Trinajstić information content (AvgIpc) is 2.11. The molecule has 0 amide bonds. The summed E-state index contributed by atoms with van der Waals surface area (Å²) in [5.74, 6) is 0.619. The number of rotatable bonds is 4. The molecule has 0 atom stereocenters. The Morgan fingerprint density at radius 2 is 2.23 bits per heavy atom. The number of hydrogen-bond acceptors (Lipinski definition) is 4. The van der Waals surface area contributed by atoms with Gasteiger partial charge in [0.1, 0.15) is 0 Å². The van der Waals surface area contributed by atoms with Gasteiger partial charge in [-0.3, -0.25) is 4.98 Å². The second-order valence-electron chi connectivity index (χ2n) is 2.89. The predicted molar refractivity (Wildman–Crippen MR) is 50.7 cm³/mol. The van der Waals surface area contributed by atoms with Gasteiger partial charge in [0.25, 0.3) is 0 Å². The van der Waals surface area contributed by atoms with Crippen molar-refractivity contribution in [2.24, 2.45) is 5.73 Å². The van der Waals surface area contributed by atoms with Crippen molar-refractivity contribution in [2.75, 3.05) is 13.2 Å². The van der Waals surface area contributed by atoms with Crippen molar-refractivity contribution in [3.8, 4) is 5.88 Å². The third-order valence-corrected chi connectivity index (χ3v) is 1.62. The van der Waals surface area contributed by atoms with Crippen molar-refractivity contribution in [1.29, 1.82) is 0 Å². The molecular weight excluding hydrogens is 166 g/mol. The van der Waals surface area contributed by atoms with E-state index in [1.807, 2.05) is 13.8 Å². The van der Waals surface area contributed by atoms with Gasteiger partial charge in [-0.25, -0.2) is 4.98 Å². The molecule has 1 heterocycles. The SMILES string of the molecule is Cc1cnc(C)c(OCCCN)n1. The topological polar surface area (TPSA) is 61.0 Å². The van der Waals surface area contributed by atoms with Gasteiger partial charge in [-0.05, 0) is 26.8 Å². The molecule has 0 fully saturated rings. The van der Waals surface area contributed by atoms with E-state index in [9.17, 15) is 0 Å². The van der Waals surface area contributed by atoms with Crippen LogP contribution in [0.3, 0.4) is 0 Å². The van der Waals surface area contributed by atoms with Crippen LogP contribution in [0.15, 0.2) is 6.20 Å². The third-order valence-electron chi connectivity index (χ3n) is 1.62. The Bertz CT molecular complexity index is 276. The molecule has 0 saturated carbocycles. The van der Waals surface area contributed by atoms with Crippen LogP contribution in [0.25, 0.3) is 0 Å². The molecule has 0 aliphatic rings. The number of nitrogens with zero attached hydrogens (tertiary/aromatic N) is 2. The highest BCUT2D eigenvalue weighted by Crippen LogP contribution is 2.11. The molecule has 0 radical (unpaired) electrons. The van der Waals surface area contributed by atoms with Crippen LogP contribution in [-0.4, -0.2) is 23.1 Å². The third kappa shape index (κ3) is 2.99. The summed E-state index contributed by atoms with van der Waals surface area (Å²) in [6, 6.07) is 0. The first-order valence-corrected chi connectivity index (χ1v) is 4.37. The molecule has 0 bridgehead atoms. The summed E-state index contributed by atoms with van der Waals surface area (Å²) in [4.78, 5) is 8.36. The highest BCUT2D eigenvalue weighted by molar-refractivity contribution is 5.17. The Kier molecular flexibility index (Phi) is 3.64. The fourth-order valence-corrected chi connectivity index (χ4v) is 0.904. The minimum absolute atomic E-state index is 0.607. The molecule has 0 saturated heterocycles. The van der Waals surface area contributed by atoms with E-state index in [0.29, 0.717) is 19.0 Å². The van der Waals surface area contributed by atoms with Gasteiger partial charge in [0.15, 0.2) is 0 Å². The van der Waals surface area contributed by atoms with Crippen LogP contribution >= 0.6 is 0 Å². The summed E-state index contributed by atoms with van der Waals surface area (Å²) in [5.41, 5.74) is 7.04. The van der Waals surface area contributed by atoms with Crippen molar-refractivity contribution in [2.45, 2.75) is 20.3 Å². The molecule has 1 rings (SSSR count). The number of nitrogens with two attached hydrogens (primary N) is 1. The maximum Gasteiger partial charge on any atom is 0.235 e. The molecule has 1 aromatic rings. The highest BCUT2D eigenvalue weighted by Gasteiger charge is 2.01. The van der Waals surface area contributed by atoms with Gasteiger partial charge in [-0.1, -0.05) is 0 Å². The number of aryl methyl sites for hydroxylation is 2. The second-order valence-corrected chi connectivity index (χ2v) is 2.89. The van der Waals surface area contributed by atoms with Crippen molar-refractivity contribution >= 4 is 0 Å². The van der Waals surface area contributed by atoms with Gasteiger partial charge in [0.2, 0.25) is 5.88 Å². The minimum atomic E-state index is 0.607. The summed E-state index contributed by atoms with van der Waals surface area (Å²) >= 11 is 0. The monoisotopic (exact) mass is 181 g/mol. The standard InChI is InChI=1S/C9H15N3O/c1-7-6-11-8(2)9(12-7)13-5-3-4-10/h6H,3-5,10H2,1-2H3. The zero-order valence-electron chi connectivity index (χ0n) is 8.08. The van der Waals surface area contributed by atoms with E-state index < -0.39 is 0 Å². The molecule has 0 spiro atoms. The normalized spacial score (nSPS) is 10.1. The van der Waals surface area contributed by atoms with E-state index in [0.717, 1.165) is 17.8 Å². The Balaban J connectivity index is 2.59. The van der Waals surface area contributed by atoms with E-state index in [1.165, 1.54) is 0 Å². The van der Waals surface area contributed by atoms with Crippen LogP contribution in [0.4, 0.5) is 0 Å². The smallest absolute Gasteiger partial charge is 0.235 e. The van der Waals surface area contributed by atoms with Crippen molar-refractivity contribution in [3.63, 3.8) is 0 Å². The van der Waals surface area contributed by atoms with E-state index in [-0.39, 0.29) is 0 Å². The van der Waals surface area contributed by atoms with Crippen LogP contribution < -0.4 is 10.5 Å². The van der Waals surface area contributed by atoms with E-state index in [1.54, 1.807) is 6.20 Å². The molecule has 1 aromatic heterocycles.